The van der Waals surface area contributed by atoms with E-state index in [1.165, 1.54) is 0 Å². The number of rotatable bonds is 7. The first kappa shape index (κ1) is 15.5. The maximum Gasteiger partial charge on any atom is 0.225 e. The highest BCUT2D eigenvalue weighted by molar-refractivity contribution is 5.91. The number of benzene rings is 1. The Morgan fingerprint density at radius 2 is 2.16 bits per heavy atom. The highest BCUT2D eigenvalue weighted by Gasteiger charge is 2.10. The summed E-state index contributed by atoms with van der Waals surface area (Å²) < 4.78 is 5.09. The summed E-state index contributed by atoms with van der Waals surface area (Å²) in [7, 11) is 1.59. The fraction of sp³-hybridized carbons (Fsp3) is 0.500. The third kappa shape index (κ3) is 6.22. The fourth-order valence-corrected chi connectivity index (χ4v) is 1.63. The van der Waals surface area contributed by atoms with Crippen molar-refractivity contribution in [3.63, 3.8) is 0 Å². The second kappa shape index (κ2) is 7.76. The van der Waals surface area contributed by atoms with Gasteiger partial charge in [0.15, 0.2) is 0 Å². The number of aliphatic hydroxyl groups excluding tert-OH is 1. The smallest absolute Gasteiger partial charge is 0.225 e. The topological polar surface area (TPSA) is 70.6 Å². The van der Waals surface area contributed by atoms with E-state index in [1.807, 2.05) is 25.1 Å². The number of hydrogen-bond donors (Lipinski definition) is 3. The van der Waals surface area contributed by atoms with Crippen molar-refractivity contribution < 1.29 is 14.6 Å². The molecule has 0 bridgehead atoms. The highest BCUT2D eigenvalue weighted by atomic mass is 16.5. The van der Waals surface area contributed by atoms with Gasteiger partial charge in [-0.15, -0.1) is 0 Å². The van der Waals surface area contributed by atoms with Crippen LogP contribution in [0.3, 0.4) is 0 Å². The van der Waals surface area contributed by atoms with E-state index in [4.69, 9.17) is 9.84 Å². The molecule has 2 unspecified atom stereocenters. The van der Waals surface area contributed by atoms with Gasteiger partial charge in [0.1, 0.15) is 5.75 Å². The largest absolute Gasteiger partial charge is 0.497 e. The molecule has 3 N–H and O–H groups in total. The lowest BCUT2D eigenvalue weighted by molar-refractivity contribution is -0.116. The van der Waals surface area contributed by atoms with Crippen LogP contribution in [0.1, 0.15) is 20.3 Å². The molecule has 0 aromatic heterocycles. The van der Waals surface area contributed by atoms with Crippen molar-refractivity contribution in [1.82, 2.24) is 5.32 Å². The minimum absolute atomic E-state index is 0.0141. The molecule has 0 heterocycles. The van der Waals surface area contributed by atoms with Crippen LogP contribution in [0.25, 0.3) is 0 Å². The van der Waals surface area contributed by atoms with Gasteiger partial charge in [0, 0.05) is 30.8 Å². The van der Waals surface area contributed by atoms with Crippen molar-refractivity contribution >= 4 is 11.6 Å². The van der Waals surface area contributed by atoms with Gasteiger partial charge in [-0.2, -0.15) is 0 Å². The van der Waals surface area contributed by atoms with Gasteiger partial charge >= 0.3 is 0 Å². The van der Waals surface area contributed by atoms with Crippen molar-refractivity contribution in [3.05, 3.63) is 24.3 Å². The first-order valence-electron chi connectivity index (χ1n) is 6.36. The number of amides is 1. The minimum atomic E-state index is -0.413. The molecule has 1 amide bonds. The number of ether oxygens (including phenoxy) is 1. The van der Waals surface area contributed by atoms with Crippen LogP contribution in [0.15, 0.2) is 24.3 Å². The SMILES string of the molecule is COc1cccc(NC(=O)CC(C)NCC(C)O)c1. The van der Waals surface area contributed by atoms with Crippen LogP contribution in [-0.2, 0) is 4.79 Å². The van der Waals surface area contributed by atoms with Gasteiger partial charge < -0.3 is 20.5 Å². The molecule has 5 heteroatoms. The van der Waals surface area contributed by atoms with E-state index >= 15 is 0 Å². The molecule has 1 aromatic rings. The Morgan fingerprint density at radius 1 is 1.42 bits per heavy atom. The van der Waals surface area contributed by atoms with Crippen LogP contribution in [0, 0.1) is 0 Å². The summed E-state index contributed by atoms with van der Waals surface area (Å²) in [5.41, 5.74) is 0.715. The van der Waals surface area contributed by atoms with E-state index in [9.17, 15) is 4.79 Å². The molecule has 0 radical (unpaired) electrons. The predicted octanol–water partition coefficient (Wildman–Crippen LogP) is 1.38. The summed E-state index contributed by atoms with van der Waals surface area (Å²) >= 11 is 0. The first-order chi connectivity index (χ1) is 9.01. The highest BCUT2D eigenvalue weighted by Crippen LogP contribution is 2.16. The van der Waals surface area contributed by atoms with E-state index in [1.54, 1.807) is 20.1 Å². The van der Waals surface area contributed by atoms with Crippen LogP contribution in [0.5, 0.6) is 5.75 Å². The summed E-state index contributed by atoms with van der Waals surface area (Å²) in [6.45, 7) is 4.09. The zero-order valence-corrected chi connectivity index (χ0v) is 11.6. The average Bonchev–Trinajstić information content (AvgIpc) is 2.36. The lowest BCUT2D eigenvalue weighted by Crippen LogP contribution is -2.35. The Kier molecular flexibility index (Phi) is 6.32. The second-order valence-electron chi connectivity index (χ2n) is 4.64. The Labute approximate surface area is 114 Å². The molecule has 0 aliphatic heterocycles. The zero-order valence-electron chi connectivity index (χ0n) is 11.6. The van der Waals surface area contributed by atoms with E-state index in [2.05, 4.69) is 10.6 Å². The summed E-state index contributed by atoms with van der Waals surface area (Å²) in [4.78, 5) is 11.8. The number of methoxy groups -OCH3 is 1. The minimum Gasteiger partial charge on any atom is -0.497 e. The number of hydrogen-bond acceptors (Lipinski definition) is 4. The fourth-order valence-electron chi connectivity index (χ4n) is 1.63. The van der Waals surface area contributed by atoms with Crippen molar-refractivity contribution in [1.29, 1.82) is 0 Å². The molecule has 0 saturated heterocycles. The standard InChI is InChI=1S/C14H22N2O3/c1-10(15-9-11(2)17)7-14(18)16-12-5-4-6-13(8-12)19-3/h4-6,8,10-11,15,17H,7,9H2,1-3H3,(H,16,18). The van der Waals surface area contributed by atoms with Crippen molar-refractivity contribution in [2.75, 3.05) is 19.0 Å². The Balaban J connectivity index is 2.41. The molecule has 0 spiro atoms. The van der Waals surface area contributed by atoms with Crippen LogP contribution in [0.4, 0.5) is 5.69 Å². The van der Waals surface area contributed by atoms with Crippen molar-refractivity contribution in [3.8, 4) is 5.75 Å². The average molecular weight is 266 g/mol. The molecule has 5 nitrogen and oxygen atoms in total. The zero-order chi connectivity index (χ0) is 14.3. The predicted molar refractivity (Wildman–Crippen MR) is 75.4 cm³/mol. The molecular weight excluding hydrogens is 244 g/mol. The Hall–Kier alpha value is -1.59. The van der Waals surface area contributed by atoms with E-state index < -0.39 is 6.10 Å². The maximum absolute atomic E-state index is 11.8. The van der Waals surface area contributed by atoms with Crippen molar-refractivity contribution in [2.24, 2.45) is 0 Å². The third-order valence-corrected chi connectivity index (χ3v) is 2.61. The van der Waals surface area contributed by atoms with Gasteiger partial charge in [0.2, 0.25) is 5.91 Å². The number of anilines is 1. The van der Waals surface area contributed by atoms with Gasteiger partial charge in [-0.3, -0.25) is 4.79 Å². The maximum atomic E-state index is 11.8. The number of aliphatic hydroxyl groups is 1. The molecule has 0 fully saturated rings. The van der Waals surface area contributed by atoms with Gasteiger partial charge in [-0.1, -0.05) is 6.07 Å². The molecule has 106 valence electrons. The quantitative estimate of drug-likeness (QED) is 0.697. The Bertz CT molecular complexity index is 407. The molecule has 0 saturated carbocycles. The van der Waals surface area contributed by atoms with Gasteiger partial charge in [-0.05, 0) is 26.0 Å². The monoisotopic (exact) mass is 266 g/mol. The lowest BCUT2D eigenvalue weighted by Gasteiger charge is -2.15. The number of nitrogens with one attached hydrogen (secondary N) is 2. The van der Waals surface area contributed by atoms with Gasteiger partial charge in [0.05, 0.1) is 13.2 Å². The Morgan fingerprint density at radius 3 is 2.79 bits per heavy atom. The van der Waals surface area contributed by atoms with Crippen LogP contribution in [-0.4, -0.2) is 36.8 Å². The number of carbonyl (C=O) groups is 1. The normalized spacial score (nSPS) is 13.7. The lowest BCUT2D eigenvalue weighted by atomic mass is 10.2. The molecule has 2 atom stereocenters. The van der Waals surface area contributed by atoms with Crippen molar-refractivity contribution in [2.45, 2.75) is 32.4 Å². The second-order valence-corrected chi connectivity index (χ2v) is 4.64. The van der Waals surface area contributed by atoms with E-state index in [-0.39, 0.29) is 11.9 Å². The molecule has 0 aliphatic carbocycles. The molecule has 1 rings (SSSR count). The summed E-state index contributed by atoms with van der Waals surface area (Å²) in [6.07, 6.45) is -0.0619. The van der Waals surface area contributed by atoms with Crippen LogP contribution in [0.2, 0.25) is 0 Å². The summed E-state index contributed by atoms with van der Waals surface area (Å²) in [6, 6.07) is 7.24. The molecule has 19 heavy (non-hydrogen) atoms. The van der Waals surface area contributed by atoms with Crippen LogP contribution >= 0.6 is 0 Å². The van der Waals surface area contributed by atoms with Gasteiger partial charge in [-0.25, -0.2) is 0 Å². The summed E-state index contributed by atoms with van der Waals surface area (Å²) in [5.74, 6) is 0.636. The molecule has 1 aromatic carbocycles. The first-order valence-corrected chi connectivity index (χ1v) is 6.36. The van der Waals surface area contributed by atoms with Gasteiger partial charge in [0.25, 0.3) is 0 Å². The van der Waals surface area contributed by atoms with E-state index in [0.717, 1.165) is 0 Å². The number of carbonyl (C=O) groups excluding carboxylic acids is 1. The van der Waals surface area contributed by atoms with E-state index in [0.29, 0.717) is 24.4 Å². The third-order valence-electron chi connectivity index (χ3n) is 2.61. The molecular formula is C14H22N2O3. The molecule has 0 aliphatic rings. The summed E-state index contributed by atoms with van der Waals surface area (Å²) in [5, 5.41) is 15.1. The van der Waals surface area contributed by atoms with Crippen LogP contribution < -0.4 is 15.4 Å².